The summed E-state index contributed by atoms with van der Waals surface area (Å²) in [7, 11) is 0. The molecule has 1 aliphatic heterocycles. The Labute approximate surface area is 92.6 Å². The molecule has 4 heteroatoms. The normalized spacial score (nSPS) is 12.5. The van der Waals surface area contributed by atoms with Crippen molar-refractivity contribution in [3.05, 3.63) is 35.5 Å². The van der Waals surface area contributed by atoms with Gasteiger partial charge in [-0.25, -0.2) is 0 Å². The molecule has 76 valence electrons. The molecule has 15 heavy (non-hydrogen) atoms. The van der Waals surface area contributed by atoms with Gasteiger partial charge in [0.1, 0.15) is 0 Å². The fraction of sp³-hybridized carbons (Fsp3) is 0. The van der Waals surface area contributed by atoms with Gasteiger partial charge in [-0.05, 0) is 12.1 Å². The van der Waals surface area contributed by atoms with Gasteiger partial charge in [-0.15, -0.1) is 12.4 Å². The van der Waals surface area contributed by atoms with Crippen molar-refractivity contribution in [1.82, 2.24) is 4.98 Å². The lowest BCUT2D eigenvalue weighted by molar-refractivity contribution is 0.457. The Morgan fingerprint density at radius 3 is 3.00 bits per heavy atom. The topological polar surface area (TPSA) is 48.4 Å². The van der Waals surface area contributed by atoms with Gasteiger partial charge in [-0.1, -0.05) is 12.1 Å². The number of H-pyrrole nitrogens is 1. The highest BCUT2D eigenvalue weighted by Crippen LogP contribution is 2.31. The van der Waals surface area contributed by atoms with Gasteiger partial charge in [-0.3, -0.25) is 4.99 Å². The largest absolute Gasteiger partial charge is 0.494 e. The van der Waals surface area contributed by atoms with E-state index in [1.165, 1.54) is 0 Å². The molecule has 2 N–H and O–H groups in total. The lowest BCUT2D eigenvalue weighted by atomic mass is 10.1. The van der Waals surface area contributed by atoms with E-state index in [0.717, 1.165) is 22.0 Å². The van der Waals surface area contributed by atoms with Crippen molar-refractivity contribution in [2.45, 2.75) is 0 Å². The highest BCUT2D eigenvalue weighted by Gasteiger charge is 2.11. The average molecular weight is 221 g/mol. The maximum absolute atomic E-state index is 9.66. The standard InChI is InChI=1S/C11H8N2O.ClH/c14-11-8-4-5-12-6-7-2-1-3-9(13-11)10(7)8;/h1-6,13-14H;1H. The van der Waals surface area contributed by atoms with Gasteiger partial charge in [0.25, 0.3) is 0 Å². The summed E-state index contributed by atoms with van der Waals surface area (Å²) < 4.78 is 0. The van der Waals surface area contributed by atoms with Gasteiger partial charge in [0, 0.05) is 34.4 Å². The van der Waals surface area contributed by atoms with E-state index in [0.29, 0.717) is 0 Å². The van der Waals surface area contributed by atoms with Crippen LogP contribution in [0.5, 0.6) is 5.88 Å². The molecule has 1 aromatic heterocycles. The Morgan fingerprint density at radius 2 is 2.13 bits per heavy atom. The number of aromatic amines is 1. The number of aliphatic imine (C=N–C) groups is 1. The van der Waals surface area contributed by atoms with Crippen LogP contribution in [0.1, 0.15) is 11.1 Å². The summed E-state index contributed by atoms with van der Waals surface area (Å²) >= 11 is 0. The molecule has 1 aliphatic rings. The molecule has 0 unspecified atom stereocenters. The second-order valence-corrected chi connectivity index (χ2v) is 3.25. The van der Waals surface area contributed by atoms with Crippen LogP contribution in [0.25, 0.3) is 17.0 Å². The van der Waals surface area contributed by atoms with Gasteiger partial charge in [0.05, 0.1) is 0 Å². The quantitative estimate of drug-likeness (QED) is 0.705. The molecule has 2 heterocycles. The first kappa shape index (κ1) is 9.80. The van der Waals surface area contributed by atoms with Crippen LogP contribution in [0.15, 0.2) is 29.4 Å². The van der Waals surface area contributed by atoms with E-state index >= 15 is 0 Å². The van der Waals surface area contributed by atoms with E-state index in [1.807, 2.05) is 18.2 Å². The predicted octanol–water partition coefficient (Wildman–Crippen LogP) is 2.70. The number of hydrogen-bond acceptors (Lipinski definition) is 2. The van der Waals surface area contributed by atoms with Crippen molar-refractivity contribution in [3.8, 4) is 5.88 Å². The molecular formula is C11H9ClN2O. The molecule has 2 aromatic rings. The van der Waals surface area contributed by atoms with E-state index in [4.69, 9.17) is 0 Å². The minimum atomic E-state index is 0. The average Bonchev–Trinajstić information content (AvgIpc) is 2.39. The summed E-state index contributed by atoms with van der Waals surface area (Å²) in [5.74, 6) is 0.203. The summed E-state index contributed by atoms with van der Waals surface area (Å²) in [5, 5.41) is 10.7. The van der Waals surface area contributed by atoms with Crippen LogP contribution in [0, 0.1) is 0 Å². The Bertz CT molecular complexity index is 569. The van der Waals surface area contributed by atoms with Gasteiger partial charge >= 0.3 is 0 Å². The summed E-state index contributed by atoms with van der Waals surface area (Å²) in [6, 6.07) is 5.86. The van der Waals surface area contributed by atoms with E-state index in [2.05, 4.69) is 9.98 Å². The van der Waals surface area contributed by atoms with Crippen LogP contribution in [-0.4, -0.2) is 16.3 Å². The second-order valence-electron chi connectivity index (χ2n) is 3.25. The zero-order chi connectivity index (χ0) is 9.54. The third-order valence-corrected chi connectivity index (χ3v) is 2.42. The molecule has 0 atom stereocenters. The molecule has 0 spiro atoms. The first-order chi connectivity index (χ1) is 6.86. The van der Waals surface area contributed by atoms with Crippen LogP contribution < -0.4 is 0 Å². The van der Waals surface area contributed by atoms with Crippen molar-refractivity contribution in [2.75, 3.05) is 0 Å². The molecule has 0 saturated heterocycles. The highest BCUT2D eigenvalue weighted by atomic mass is 35.5. The summed E-state index contributed by atoms with van der Waals surface area (Å²) in [4.78, 5) is 7.02. The van der Waals surface area contributed by atoms with E-state index in [9.17, 15) is 5.11 Å². The third kappa shape index (κ3) is 1.32. The molecule has 3 nitrogen and oxygen atoms in total. The number of nitrogens with zero attached hydrogens (tertiary/aromatic N) is 1. The fourth-order valence-corrected chi connectivity index (χ4v) is 1.80. The van der Waals surface area contributed by atoms with Crippen LogP contribution in [0.3, 0.4) is 0 Å². The number of hydrogen-bond donors (Lipinski definition) is 2. The molecule has 0 fully saturated rings. The van der Waals surface area contributed by atoms with Crippen molar-refractivity contribution < 1.29 is 5.11 Å². The van der Waals surface area contributed by atoms with E-state index in [-0.39, 0.29) is 18.3 Å². The molecule has 0 radical (unpaired) electrons. The van der Waals surface area contributed by atoms with Crippen molar-refractivity contribution in [3.63, 3.8) is 0 Å². The van der Waals surface area contributed by atoms with Crippen LogP contribution >= 0.6 is 12.4 Å². The second kappa shape index (κ2) is 3.44. The molecule has 0 aliphatic carbocycles. The Kier molecular flexibility index (Phi) is 2.25. The Balaban J connectivity index is 0.000000853. The smallest absolute Gasteiger partial charge is 0.196 e. The SMILES string of the molecule is Cl.Oc1[nH]c2cccc3c2c1C=CN=C3. The fourth-order valence-electron chi connectivity index (χ4n) is 1.80. The number of rotatable bonds is 0. The monoisotopic (exact) mass is 220 g/mol. The predicted molar refractivity (Wildman–Crippen MR) is 63.8 cm³/mol. The van der Waals surface area contributed by atoms with Crippen LogP contribution in [-0.2, 0) is 0 Å². The molecular weight excluding hydrogens is 212 g/mol. The third-order valence-electron chi connectivity index (χ3n) is 2.42. The number of halogens is 1. The zero-order valence-electron chi connectivity index (χ0n) is 7.77. The Morgan fingerprint density at radius 1 is 1.27 bits per heavy atom. The number of aromatic hydroxyl groups is 1. The molecule has 0 saturated carbocycles. The van der Waals surface area contributed by atoms with Crippen LogP contribution in [0.4, 0.5) is 0 Å². The number of aromatic nitrogens is 1. The van der Waals surface area contributed by atoms with Crippen molar-refractivity contribution in [1.29, 1.82) is 0 Å². The zero-order valence-corrected chi connectivity index (χ0v) is 8.58. The lowest BCUT2D eigenvalue weighted by Gasteiger charge is -1.95. The Hall–Kier alpha value is -1.74. The van der Waals surface area contributed by atoms with Gasteiger partial charge in [0.15, 0.2) is 5.88 Å². The number of benzene rings is 1. The molecule has 1 aromatic carbocycles. The molecule has 0 bridgehead atoms. The summed E-state index contributed by atoms with van der Waals surface area (Å²) in [5.41, 5.74) is 2.78. The highest BCUT2D eigenvalue weighted by molar-refractivity contribution is 6.05. The maximum Gasteiger partial charge on any atom is 0.196 e. The van der Waals surface area contributed by atoms with Gasteiger partial charge in [-0.2, -0.15) is 0 Å². The first-order valence-corrected chi connectivity index (χ1v) is 4.39. The lowest BCUT2D eigenvalue weighted by Crippen LogP contribution is -1.80. The van der Waals surface area contributed by atoms with Crippen LogP contribution in [0.2, 0.25) is 0 Å². The molecule has 0 amide bonds. The molecule has 3 rings (SSSR count). The summed E-state index contributed by atoms with van der Waals surface area (Å²) in [6.45, 7) is 0. The van der Waals surface area contributed by atoms with E-state index in [1.54, 1.807) is 18.5 Å². The number of nitrogens with one attached hydrogen (secondary N) is 1. The first-order valence-electron chi connectivity index (χ1n) is 4.39. The summed E-state index contributed by atoms with van der Waals surface area (Å²) in [6.07, 6.45) is 5.28. The van der Waals surface area contributed by atoms with Gasteiger partial charge in [0.2, 0.25) is 0 Å². The van der Waals surface area contributed by atoms with Crippen molar-refractivity contribution >= 4 is 35.6 Å². The van der Waals surface area contributed by atoms with E-state index < -0.39 is 0 Å². The minimum Gasteiger partial charge on any atom is -0.494 e. The maximum atomic E-state index is 9.66. The van der Waals surface area contributed by atoms with Gasteiger partial charge < -0.3 is 10.1 Å². The minimum absolute atomic E-state index is 0. The van der Waals surface area contributed by atoms with Crippen molar-refractivity contribution in [2.24, 2.45) is 4.99 Å².